The van der Waals surface area contributed by atoms with Crippen LogP contribution < -0.4 is 0 Å². The van der Waals surface area contributed by atoms with Gasteiger partial charge in [0.1, 0.15) is 17.2 Å². The van der Waals surface area contributed by atoms with Crippen molar-refractivity contribution >= 4 is 134 Å². The van der Waals surface area contributed by atoms with Crippen molar-refractivity contribution in [3.05, 3.63) is 235 Å². The molecule has 0 N–H and O–H groups in total. The van der Waals surface area contributed by atoms with Gasteiger partial charge in [0, 0.05) is 74.4 Å². The highest BCUT2D eigenvalue weighted by Crippen LogP contribution is 2.55. The molecule has 0 aliphatic rings. The molecule has 0 aliphatic heterocycles. The van der Waals surface area contributed by atoms with Crippen LogP contribution in [0, 0.1) is 17.9 Å². The fraction of sp³-hybridized carbons (Fsp3) is 0. The second-order valence-corrected chi connectivity index (χ2v) is 21.3. The largest absolute Gasteiger partial charge is 0.456 e. The number of para-hydroxylation sites is 2. The zero-order valence-electron chi connectivity index (χ0n) is 39.8. The number of fused-ring (bicyclic) bond motifs is 17. The minimum Gasteiger partial charge on any atom is -0.456 e. The van der Waals surface area contributed by atoms with Crippen LogP contribution in [0.2, 0.25) is 0 Å². The van der Waals surface area contributed by atoms with Crippen LogP contribution in [0.25, 0.3) is 155 Å². The lowest BCUT2D eigenvalue weighted by molar-refractivity contribution is 0.669. The first-order valence-corrected chi connectivity index (χ1v) is 26.6. The summed E-state index contributed by atoms with van der Waals surface area (Å²) in [7, 11) is 0. The van der Waals surface area contributed by atoms with Gasteiger partial charge in [-0.25, -0.2) is 4.85 Å². The Morgan fingerprint density at radius 1 is 0.427 bits per heavy atom. The maximum atomic E-state index is 12.2. The third kappa shape index (κ3) is 5.79. The van der Waals surface area contributed by atoms with E-state index < -0.39 is 0 Å². The summed E-state index contributed by atoms with van der Waals surface area (Å²) in [6.07, 6.45) is 0. The van der Waals surface area contributed by atoms with Gasteiger partial charge < -0.3 is 13.6 Å². The van der Waals surface area contributed by atoms with Crippen molar-refractivity contribution in [2.24, 2.45) is 0 Å². The molecule has 0 bridgehead atoms. The molecule has 0 amide bonds. The van der Waals surface area contributed by atoms with Gasteiger partial charge >= 0.3 is 0 Å². The third-order valence-electron chi connectivity index (χ3n) is 15.4. The second kappa shape index (κ2) is 15.9. The van der Waals surface area contributed by atoms with Crippen molar-refractivity contribution < 1.29 is 4.42 Å². The first kappa shape index (κ1) is 41.8. The van der Waals surface area contributed by atoms with Crippen LogP contribution in [0.4, 0.5) is 5.69 Å². The summed E-state index contributed by atoms with van der Waals surface area (Å²) < 4.78 is 15.9. The standard InChI is InChI=1S/C68H36N4OS2/c1-70-62-59(39-17-4-2-5-18-39)52(38-69)63(72-64-47(33-35-49-45-22-10-14-29-57(45)74-67(49)64)48-34-36-50-46-23-11-15-30-58(46)75-68(50)65(48)72)60(40-19-6-3-7-20-40)66(62)71-53-26-12-8-21-43(53)44-32-31-41(37-54(44)71)42-25-16-28-56-61(42)51-24-9-13-27-55(51)73-56/h2-37H. The fourth-order valence-electron chi connectivity index (χ4n) is 12.3. The minimum absolute atomic E-state index is 0.399. The van der Waals surface area contributed by atoms with Crippen LogP contribution in [0.1, 0.15) is 5.56 Å². The van der Waals surface area contributed by atoms with Crippen molar-refractivity contribution in [3.63, 3.8) is 0 Å². The number of hydrogen-bond acceptors (Lipinski definition) is 4. The molecule has 0 radical (unpaired) electrons. The predicted octanol–water partition coefficient (Wildman–Crippen LogP) is 19.9. The topological polar surface area (TPSA) is 51.1 Å². The molecular formula is C68H36N4OS2. The summed E-state index contributed by atoms with van der Waals surface area (Å²) >= 11 is 3.59. The Kier molecular flexibility index (Phi) is 8.85. The molecule has 346 valence electrons. The van der Waals surface area contributed by atoms with Crippen molar-refractivity contribution in [1.29, 1.82) is 5.26 Å². The van der Waals surface area contributed by atoms with Crippen LogP contribution in [0.5, 0.6) is 0 Å². The van der Waals surface area contributed by atoms with E-state index in [4.69, 9.17) is 4.42 Å². The van der Waals surface area contributed by atoms with E-state index in [1.54, 1.807) is 22.7 Å². The van der Waals surface area contributed by atoms with Gasteiger partial charge in [0.2, 0.25) is 5.69 Å². The summed E-state index contributed by atoms with van der Waals surface area (Å²) in [6.45, 7) is 9.49. The number of rotatable bonds is 5. The molecule has 0 atom stereocenters. The third-order valence-corrected chi connectivity index (χ3v) is 17.8. The summed E-state index contributed by atoms with van der Waals surface area (Å²) in [5, 5.41) is 23.4. The average molecular weight is 989 g/mol. The highest BCUT2D eigenvalue weighted by molar-refractivity contribution is 7.27. The number of hydrogen-bond donors (Lipinski definition) is 0. The molecule has 0 unspecified atom stereocenters. The lowest BCUT2D eigenvalue weighted by atomic mass is 9.88. The SMILES string of the molecule is [C-]#[N+]c1c(-c2ccccc2)c(C#N)c(-n2c3c(ccc4c5ccccc5sc43)c3ccc4c5ccccc5sc4c32)c(-c2ccccc2)c1-n1c2ccccc2c2ccc(-c3cccc4oc5ccccc5c34)cc21. The first-order chi connectivity index (χ1) is 37.2. The lowest BCUT2D eigenvalue weighted by Crippen LogP contribution is -2.09. The van der Waals surface area contributed by atoms with Gasteiger partial charge in [-0.2, -0.15) is 5.26 Å². The van der Waals surface area contributed by atoms with Crippen molar-refractivity contribution in [2.75, 3.05) is 0 Å². The summed E-state index contributed by atoms with van der Waals surface area (Å²) in [5.41, 5.74) is 13.1. The summed E-state index contributed by atoms with van der Waals surface area (Å²) in [4.78, 5) is 4.63. The maximum Gasteiger partial charge on any atom is 0.220 e. The van der Waals surface area contributed by atoms with Crippen LogP contribution in [0.15, 0.2) is 223 Å². The number of aromatic nitrogens is 2. The number of thiophene rings is 2. The van der Waals surface area contributed by atoms with Gasteiger partial charge in [0.25, 0.3) is 0 Å². The van der Waals surface area contributed by atoms with E-state index in [1.165, 1.54) is 20.2 Å². The summed E-state index contributed by atoms with van der Waals surface area (Å²) in [6, 6.07) is 79.6. The molecule has 5 aromatic heterocycles. The van der Waals surface area contributed by atoms with Crippen molar-refractivity contribution in [2.45, 2.75) is 0 Å². The highest BCUT2D eigenvalue weighted by atomic mass is 32.1. The maximum absolute atomic E-state index is 12.2. The zero-order chi connectivity index (χ0) is 49.5. The molecule has 0 fully saturated rings. The zero-order valence-corrected chi connectivity index (χ0v) is 41.4. The van der Waals surface area contributed by atoms with E-state index in [0.29, 0.717) is 22.5 Å². The van der Waals surface area contributed by atoms with Gasteiger partial charge in [0.05, 0.1) is 55.0 Å². The van der Waals surface area contributed by atoms with Gasteiger partial charge in [-0.05, 0) is 58.7 Å². The quantitative estimate of drug-likeness (QED) is 0.161. The minimum atomic E-state index is 0.399. The molecule has 5 nitrogen and oxygen atoms in total. The first-order valence-electron chi connectivity index (χ1n) is 24.9. The molecular weight excluding hydrogens is 953 g/mol. The number of nitriles is 1. The molecule has 0 spiro atoms. The number of benzene rings is 11. The Morgan fingerprint density at radius 3 is 1.61 bits per heavy atom. The van der Waals surface area contributed by atoms with E-state index in [2.05, 4.69) is 184 Å². The molecule has 0 aliphatic carbocycles. The molecule has 0 saturated heterocycles. The van der Waals surface area contributed by atoms with Crippen molar-refractivity contribution in [1.82, 2.24) is 9.13 Å². The van der Waals surface area contributed by atoms with E-state index >= 15 is 0 Å². The van der Waals surface area contributed by atoms with Crippen LogP contribution in [0.3, 0.4) is 0 Å². The Morgan fingerprint density at radius 2 is 0.960 bits per heavy atom. The van der Waals surface area contributed by atoms with Crippen LogP contribution in [-0.4, -0.2) is 9.13 Å². The second-order valence-electron chi connectivity index (χ2n) is 19.2. The number of nitrogens with zero attached hydrogens (tertiary/aromatic N) is 4. The average Bonchev–Trinajstić information content (AvgIpc) is 4.31. The van der Waals surface area contributed by atoms with Gasteiger partial charge in [-0.3, -0.25) is 0 Å². The van der Waals surface area contributed by atoms with Crippen molar-refractivity contribution in [3.8, 4) is 50.8 Å². The van der Waals surface area contributed by atoms with Crippen LogP contribution in [-0.2, 0) is 0 Å². The molecule has 75 heavy (non-hydrogen) atoms. The summed E-state index contributed by atoms with van der Waals surface area (Å²) in [5.74, 6) is 0. The Balaban J connectivity index is 1.16. The van der Waals surface area contributed by atoms with E-state index in [9.17, 15) is 11.8 Å². The molecule has 16 aromatic rings. The normalized spacial score (nSPS) is 12.0. The Labute approximate surface area is 436 Å². The molecule has 11 aromatic carbocycles. The number of furan rings is 1. The van der Waals surface area contributed by atoms with E-state index in [0.717, 1.165) is 119 Å². The van der Waals surface area contributed by atoms with E-state index in [-0.39, 0.29) is 0 Å². The van der Waals surface area contributed by atoms with Gasteiger partial charge in [-0.15, -0.1) is 22.7 Å². The van der Waals surface area contributed by atoms with E-state index in [1.807, 2.05) is 54.6 Å². The van der Waals surface area contributed by atoms with Gasteiger partial charge in [-0.1, -0.05) is 182 Å². The predicted molar refractivity (Wildman–Crippen MR) is 315 cm³/mol. The fourth-order valence-corrected chi connectivity index (χ4v) is 14.8. The monoisotopic (exact) mass is 988 g/mol. The lowest BCUT2D eigenvalue weighted by Gasteiger charge is -2.26. The molecule has 5 heterocycles. The highest BCUT2D eigenvalue weighted by Gasteiger charge is 2.33. The Hall–Kier alpha value is -9.76. The Bertz CT molecular complexity index is 5080. The van der Waals surface area contributed by atoms with Gasteiger partial charge in [0.15, 0.2) is 0 Å². The smallest absolute Gasteiger partial charge is 0.220 e. The molecule has 7 heteroatoms. The molecule has 0 saturated carbocycles. The van der Waals surface area contributed by atoms with Crippen LogP contribution >= 0.6 is 22.7 Å². The molecule has 16 rings (SSSR count).